The van der Waals surface area contributed by atoms with Gasteiger partial charge in [-0.3, -0.25) is 0 Å². The van der Waals surface area contributed by atoms with Crippen LogP contribution < -0.4 is 9.46 Å². The quantitative estimate of drug-likeness (QED) is 0.764. The van der Waals surface area contributed by atoms with Gasteiger partial charge in [-0.2, -0.15) is 0 Å². The van der Waals surface area contributed by atoms with Gasteiger partial charge in [-0.05, 0) is 63.3 Å². The molecule has 8 heteroatoms. The summed E-state index contributed by atoms with van der Waals surface area (Å²) in [5, 5.41) is 9.26. The lowest BCUT2D eigenvalue weighted by atomic mass is 9.73. The van der Waals surface area contributed by atoms with Crippen LogP contribution in [0.5, 0.6) is 5.75 Å². The average Bonchev–Trinajstić information content (AvgIpc) is 2.86. The van der Waals surface area contributed by atoms with Crippen LogP contribution >= 0.6 is 0 Å². The van der Waals surface area contributed by atoms with E-state index >= 15 is 0 Å². The molecule has 1 fully saturated rings. The summed E-state index contributed by atoms with van der Waals surface area (Å²) < 4.78 is 35.1. The summed E-state index contributed by atoms with van der Waals surface area (Å²) in [6.45, 7) is 6.51. The molecule has 2 atom stereocenters. The zero-order chi connectivity index (χ0) is 20.0. The molecular formula is C19H27FN2O4S. The van der Waals surface area contributed by atoms with Crippen LogP contribution in [-0.2, 0) is 17.8 Å². The largest absolute Gasteiger partial charge is 0.598 e. The summed E-state index contributed by atoms with van der Waals surface area (Å²) >= 11 is -1.33. The Morgan fingerprint density at radius 1 is 1.41 bits per heavy atom. The van der Waals surface area contributed by atoms with E-state index in [0.29, 0.717) is 32.4 Å². The van der Waals surface area contributed by atoms with Gasteiger partial charge in [-0.25, -0.2) is 9.18 Å². The normalized spacial score (nSPS) is 22.6. The number of hydrogen-bond acceptors (Lipinski definition) is 4. The predicted molar refractivity (Wildman–Crippen MR) is 102 cm³/mol. The third-order valence-corrected chi connectivity index (χ3v) is 7.25. The lowest BCUT2D eigenvalue weighted by molar-refractivity contribution is 0.0764. The molecule has 3 rings (SSSR count). The second-order valence-corrected chi connectivity index (χ2v) is 10.4. The van der Waals surface area contributed by atoms with Crippen molar-refractivity contribution in [2.45, 2.75) is 50.8 Å². The molecule has 1 saturated heterocycles. The van der Waals surface area contributed by atoms with Crippen molar-refractivity contribution in [1.82, 2.24) is 9.62 Å². The first-order valence-corrected chi connectivity index (χ1v) is 10.2. The van der Waals surface area contributed by atoms with Gasteiger partial charge in [-0.15, -0.1) is 4.72 Å². The van der Waals surface area contributed by atoms with Gasteiger partial charge in [0.25, 0.3) is 0 Å². The highest BCUT2D eigenvalue weighted by molar-refractivity contribution is 7.90. The van der Waals surface area contributed by atoms with E-state index in [0.717, 1.165) is 11.1 Å². The monoisotopic (exact) mass is 398 g/mol. The predicted octanol–water partition coefficient (Wildman–Crippen LogP) is 3.24. The Bertz CT molecular complexity index is 729. The third-order valence-electron chi connectivity index (χ3n) is 5.69. The number of nitrogens with one attached hydrogen (secondary N) is 1. The number of nitrogens with zero attached hydrogens (tertiary/aromatic N) is 1. The fourth-order valence-electron chi connectivity index (χ4n) is 4.08. The molecule has 27 heavy (non-hydrogen) atoms. The summed E-state index contributed by atoms with van der Waals surface area (Å²) in [7, 11) is 1.44. The molecule has 1 aliphatic heterocycles. The van der Waals surface area contributed by atoms with Crippen LogP contribution in [0.2, 0.25) is 0 Å². The molecule has 0 aromatic heterocycles. The van der Waals surface area contributed by atoms with E-state index in [4.69, 9.17) is 4.74 Å². The van der Waals surface area contributed by atoms with Gasteiger partial charge in [0.05, 0.1) is 13.2 Å². The first-order valence-electron chi connectivity index (χ1n) is 9.10. The number of likely N-dealkylation sites (tertiary alicyclic amines) is 1. The first-order chi connectivity index (χ1) is 12.6. The van der Waals surface area contributed by atoms with Crippen molar-refractivity contribution in [2.75, 3.05) is 20.2 Å². The third kappa shape index (κ3) is 3.75. The van der Waals surface area contributed by atoms with Crippen LogP contribution in [0.4, 0.5) is 9.18 Å². The van der Waals surface area contributed by atoms with Crippen molar-refractivity contribution in [2.24, 2.45) is 5.41 Å². The molecule has 0 radical (unpaired) electrons. The number of piperidine rings is 1. The highest BCUT2D eigenvalue weighted by Crippen LogP contribution is 2.53. The Labute approximate surface area is 162 Å². The van der Waals surface area contributed by atoms with Crippen LogP contribution in [0.3, 0.4) is 0 Å². The van der Waals surface area contributed by atoms with Crippen molar-refractivity contribution >= 4 is 17.5 Å². The molecule has 1 aromatic rings. The highest BCUT2D eigenvalue weighted by Gasteiger charge is 2.51. The highest BCUT2D eigenvalue weighted by atomic mass is 32.2. The maximum absolute atomic E-state index is 14.4. The van der Waals surface area contributed by atoms with E-state index in [1.54, 1.807) is 6.07 Å². The van der Waals surface area contributed by atoms with Gasteiger partial charge < -0.3 is 19.3 Å². The summed E-state index contributed by atoms with van der Waals surface area (Å²) in [5.41, 5.74) is 1.49. The zero-order valence-electron chi connectivity index (χ0n) is 16.2. The Balaban J connectivity index is 1.96. The van der Waals surface area contributed by atoms with E-state index in [2.05, 4.69) is 4.72 Å². The van der Waals surface area contributed by atoms with Crippen LogP contribution in [-0.4, -0.2) is 45.6 Å². The molecule has 2 N–H and O–H groups in total. The van der Waals surface area contributed by atoms with Crippen LogP contribution in [0.15, 0.2) is 12.1 Å². The number of amides is 1. The first kappa shape index (κ1) is 20.2. The Kier molecular flexibility index (Phi) is 5.35. The molecule has 1 unspecified atom stereocenters. The molecule has 1 amide bonds. The van der Waals surface area contributed by atoms with Gasteiger partial charge in [0, 0.05) is 29.9 Å². The minimum atomic E-state index is -1.33. The SMILES string of the molecule is COc1cc2c(cc1F)[C@@H](N[S+]([O-])C(C)(C)C)C1(CCN(C(=O)O)CC1)C2. The minimum Gasteiger partial charge on any atom is -0.598 e. The fraction of sp³-hybridized carbons (Fsp3) is 0.632. The van der Waals surface area contributed by atoms with Gasteiger partial charge in [0.1, 0.15) is 4.75 Å². The maximum atomic E-state index is 14.4. The topological polar surface area (TPSA) is 84.9 Å². The number of ether oxygens (including phenoxy) is 1. The number of carbonyl (C=O) groups is 1. The summed E-state index contributed by atoms with van der Waals surface area (Å²) in [6, 6.07) is 2.91. The fourth-order valence-corrected chi connectivity index (χ4v) is 5.03. The molecule has 1 aromatic carbocycles. The maximum Gasteiger partial charge on any atom is 0.407 e. The van der Waals surface area contributed by atoms with Crippen LogP contribution in [0.1, 0.15) is 50.8 Å². The molecule has 1 spiro atoms. The van der Waals surface area contributed by atoms with Crippen molar-refractivity contribution in [1.29, 1.82) is 0 Å². The Hall–Kier alpha value is -1.51. The van der Waals surface area contributed by atoms with E-state index in [-0.39, 0.29) is 17.2 Å². The summed E-state index contributed by atoms with van der Waals surface area (Å²) in [5.74, 6) is -0.242. The second-order valence-electron chi connectivity index (χ2n) is 8.43. The Morgan fingerprint density at radius 3 is 2.56 bits per heavy atom. The zero-order valence-corrected chi connectivity index (χ0v) is 17.0. The van der Waals surface area contributed by atoms with Crippen molar-refractivity contribution in [3.05, 3.63) is 29.1 Å². The minimum absolute atomic E-state index is 0.199. The van der Waals surface area contributed by atoms with E-state index in [1.807, 2.05) is 20.8 Å². The van der Waals surface area contributed by atoms with Gasteiger partial charge in [-0.1, -0.05) is 0 Å². The van der Waals surface area contributed by atoms with E-state index in [9.17, 15) is 18.8 Å². The molecule has 0 saturated carbocycles. The second kappa shape index (κ2) is 7.14. The van der Waals surface area contributed by atoms with E-state index in [1.165, 1.54) is 18.1 Å². The van der Waals surface area contributed by atoms with Crippen molar-refractivity contribution in [3.8, 4) is 5.75 Å². The van der Waals surface area contributed by atoms with Gasteiger partial charge in [0.15, 0.2) is 11.6 Å². The number of carboxylic acid groups (broad SMARTS) is 1. The average molecular weight is 399 g/mol. The number of methoxy groups -OCH3 is 1. The van der Waals surface area contributed by atoms with Crippen LogP contribution in [0.25, 0.3) is 0 Å². The number of halogens is 1. The number of hydrogen-bond donors (Lipinski definition) is 2. The lowest BCUT2D eigenvalue weighted by Crippen LogP contribution is -2.50. The van der Waals surface area contributed by atoms with Crippen molar-refractivity contribution in [3.63, 3.8) is 0 Å². The smallest absolute Gasteiger partial charge is 0.407 e. The number of benzene rings is 1. The molecule has 2 aliphatic rings. The molecule has 1 heterocycles. The number of fused-ring (bicyclic) bond motifs is 1. The molecular weight excluding hydrogens is 371 g/mol. The molecule has 150 valence electrons. The van der Waals surface area contributed by atoms with Gasteiger partial charge >= 0.3 is 6.09 Å². The summed E-state index contributed by atoms with van der Waals surface area (Å²) in [4.78, 5) is 12.7. The van der Waals surface area contributed by atoms with Crippen LogP contribution in [0, 0.1) is 11.2 Å². The van der Waals surface area contributed by atoms with Crippen molar-refractivity contribution < 1.29 is 23.6 Å². The molecule has 6 nitrogen and oxygen atoms in total. The standard InChI is InChI=1S/C19H27FN2O4S/c1-18(2,3)27(25)21-16-13-10-14(20)15(26-4)9-12(13)11-19(16)5-7-22(8-6-19)17(23)24/h9-10,16,21H,5-8,11H2,1-4H3,(H,23,24)/t16-,27?/m1/s1. The molecule has 0 bridgehead atoms. The van der Waals surface area contributed by atoms with Gasteiger partial charge in [0.2, 0.25) is 0 Å². The molecule has 1 aliphatic carbocycles. The number of rotatable bonds is 3. The lowest BCUT2D eigenvalue weighted by Gasteiger charge is -2.43. The van der Waals surface area contributed by atoms with E-state index < -0.39 is 28.0 Å². The Morgan fingerprint density at radius 2 is 2.04 bits per heavy atom. The summed E-state index contributed by atoms with van der Waals surface area (Å²) in [6.07, 6.45) is 1.04.